The topological polar surface area (TPSA) is 64.3 Å². The largest absolute Gasteiger partial charge is 0.483 e. The second-order valence-corrected chi connectivity index (χ2v) is 7.29. The monoisotopic (exact) mass is 316 g/mol. The van der Waals surface area contributed by atoms with Crippen molar-refractivity contribution in [1.29, 1.82) is 0 Å². The van der Waals surface area contributed by atoms with Crippen LogP contribution in [0, 0.1) is 25.7 Å². The lowest BCUT2D eigenvalue weighted by atomic mass is 9.67. The molecule has 2 saturated carbocycles. The van der Waals surface area contributed by atoms with E-state index in [2.05, 4.69) is 5.32 Å². The number of hydrogen-bond acceptors (Lipinski definition) is 3. The maximum absolute atomic E-state index is 12.4. The van der Waals surface area contributed by atoms with Crippen LogP contribution in [-0.2, 0) is 4.79 Å². The van der Waals surface area contributed by atoms with E-state index in [1.54, 1.807) is 0 Å². The lowest BCUT2D eigenvalue weighted by Crippen LogP contribution is -2.54. The molecule has 2 unspecified atom stereocenters. The van der Waals surface area contributed by atoms with Crippen LogP contribution in [0.2, 0.25) is 0 Å². The summed E-state index contributed by atoms with van der Waals surface area (Å²) in [7, 11) is 0. The summed E-state index contributed by atoms with van der Waals surface area (Å²) in [6.07, 6.45) is 5.73. The molecule has 0 saturated heterocycles. The van der Waals surface area contributed by atoms with Crippen molar-refractivity contribution in [2.75, 3.05) is 6.61 Å². The fraction of sp³-hybridized carbons (Fsp3) is 0.632. The summed E-state index contributed by atoms with van der Waals surface area (Å²) >= 11 is 0. The first-order valence-electron chi connectivity index (χ1n) is 8.78. The molecule has 0 aliphatic heterocycles. The summed E-state index contributed by atoms with van der Waals surface area (Å²) in [5, 5.41) is 3.23. The fourth-order valence-corrected chi connectivity index (χ4v) is 4.42. The first-order chi connectivity index (χ1) is 11.0. The van der Waals surface area contributed by atoms with Gasteiger partial charge in [0, 0.05) is 12.1 Å². The third-order valence-corrected chi connectivity index (χ3v) is 5.46. The van der Waals surface area contributed by atoms with Gasteiger partial charge in [-0.05, 0) is 62.5 Å². The van der Waals surface area contributed by atoms with Gasteiger partial charge in [-0.3, -0.25) is 4.79 Å². The molecule has 0 aromatic heterocycles. The molecule has 0 spiro atoms. The summed E-state index contributed by atoms with van der Waals surface area (Å²) < 4.78 is 5.78. The highest BCUT2D eigenvalue weighted by Gasteiger charge is 2.39. The molecule has 23 heavy (non-hydrogen) atoms. The Morgan fingerprint density at radius 2 is 1.83 bits per heavy atom. The second-order valence-electron chi connectivity index (χ2n) is 7.29. The third kappa shape index (κ3) is 3.69. The van der Waals surface area contributed by atoms with E-state index in [0.717, 1.165) is 29.7 Å². The van der Waals surface area contributed by atoms with Crippen LogP contribution in [0.5, 0.6) is 5.75 Å². The smallest absolute Gasteiger partial charge is 0.258 e. The summed E-state index contributed by atoms with van der Waals surface area (Å²) in [6.45, 7) is 4.11. The maximum Gasteiger partial charge on any atom is 0.258 e. The van der Waals surface area contributed by atoms with E-state index in [-0.39, 0.29) is 18.6 Å². The number of benzene rings is 1. The van der Waals surface area contributed by atoms with Crippen LogP contribution in [0.1, 0.15) is 43.2 Å². The average molecular weight is 316 g/mol. The Bertz CT molecular complexity index is 538. The van der Waals surface area contributed by atoms with Crippen molar-refractivity contribution < 1.29 is 9.53 Å². The van der Waals surface area contributed by atoms with Gasteiger partial charge in [-0.25, -0.2) is 0 Å². The molecule has 2 bridgehead atoms. The van der Waals surface area contributed by atoms with Gasteiger partial charge >= 0.3 is 0 Å². The van der Waals surface area contributed by atoms with Crippen molar-refractivity contribution in [3.05, 3.63) is 29.3 Å². The van der Waals surface area contributed by atoms with Crippen molar-refractivity contribution >= 4 is 5.91 Å². The second kappa shape index (κ2) is 6.91. The predicted molar refractivity (Wildman–Crippen MR) is 91.4 cm³/mol. The Hall–Kier alpha value is -1.55. The molecule has 1 aromatic carbocycles. The summed E-state index contributed by atoms with van der Waals surface area (Å²) in [5.41, 5.74) is 8.28. The van der Waals surface area contributed by atoms with Crippen LogP contribution in [0.25, 0.3) is 0 Å². The lowest BCUT2D eigenvalue weighted by Gasteiger charge is -2.45. The number of carbonyl (C=O) groups is 1. The number of aryl methyl sites for hydroxylation is 2. The Morgan fingerprint density at radius 1 is 1.22 bits per heavy atom. The van der Waals surface area contributed by atoms with Crippen molar-refractivity contribution in [2.24, 2.45) is 17.6 Å². The van der Waals surface area contributed by atoms with Crippen molar-refractivity contribution in [3.8, 4) is 5.75 Å². The number of hydrogen-bond donors (Lipinski definition) is 2. The zero-order valence-corrected chi connectivity index (χ0v) is 14.2. The molecular formula is C19H28N2O2. The predicted octanol–water partition coefficient (Wildman–Crippen LogP) is 2.70. The molecule has 0 radical (unpaired) electrons. The molecule has 3 rings (SSSR count). The van der Waals surface area contributed by atoms with E-state index >= 15 is 0 Å². The number of nitrogens with two attached hydrogens (primary N) is 1. The van der Waals surface area contributed by atoms with Crippen LogP contribution in [0.4, 0.5) is 0 Å². The minimum absolute atomic E-state index is 0.00924. The number of ether oxygens (including phenoxy) is 1. The first-order valence-corrected chi connectivity index (χ1v) is 8.78. The highest BCUT2D eigenvalue weighted by molar-refractivity contribution is 5.78. The normalized spacial score (nSPS) is 29.9. The molecule has 2 fully saturated rings. The van der Waals surface area contributed by atoms with E-state index in [4.69, 9.17) is 10.5 Å². The zero-order chi connectivity index (χ0) is 16.4. The minimum Gasteiger partial charge on any atom is -0.483 e. The molecule has 126 valence electrons. The molecule has 4 heteroatoms. The number of para-hydroxylation sites is 1. The summed E-state index contributed by atoms with van der Waals surface area (Å²) in [4.78, 5) is 12.4. The lowest BCUT2D eigenvalue weighted by molar-refractivity contribution is -0.125. The summed E-state index contributed by atoms with van der Waals surface area (Å²) in [5.74, 6) is 1.90. The number of rotatable bonds is 4. The third-order valence-electron chi connectivity index (χ3n) is 5.46. The highest BCUT2D eigenvalue weighted by Crippen LogP contribution is 2.39. The van der Waals surface area contributed by atoms with Gasteiger partial charge in [0.25, 0.3) is 5.91 Å². The van der Waals surface area contributed by atoms with E-state index in [1.165, 1.54) is 19.3 Å². The number of fused-ring (bicyclic) bond motifs is 2. The van der Waals surface area contributed by atoms with Crippen molar-refractivity contribution in [1.82, 2.24) is 5.32 Å². The Labute approximate surface area is 138 Å². The highest BCUT2D eigenvalue weighted by atomic mass is 16.5. The Balaban J connectivity index is 1.57. The molecule has 1 aromatic rings. The van der Waals surface area contributed by atoms with Gasteiger partial charge in [-0.15, -0.1) is 0 Å². The molecule has 3 N–H and O–H groups in total. The van der Waals surface area contributed by atoms with Crippen molar-refractivity contribution in [2.45, 2.75) is 58.0 Å². The molecule has 2 atom stereocenters. The number of amides is 1. The van der Waals surface area contributed by atoms with E-state index in [9.17, 15) is 4.79 Å². The van der Waals surface area contributed by atoms with Crippen LogP contribution in [0.15, 0.2) is 18.2 Å². The average Bonchev–Trinajstić information content (AvgIpc) is 2.47. The van der Waals surface area contributed by atoms with Crippen LogP contribution in [0.3, 0.4) is 0 Å². The number of nitrogens with one attached hydrogen (secondary N) is 1. The molecule has 2 aliphatic rings. The quantitative estimate of drug-likeness (QED) is 0.897. The van der Waals surface area contributed by atoms with Crippen LogP contribution < -0.4 is 15.8 Å². The van der Waals surface area contributed by atoms with Gasteiger partial charge in [0.15, 0.2) is 6.61 Å². The van der Waals surface area contributed by atoms with Gasteiger partial charge in [0.2, 0.25) is 0 Å². The van der Waals surface area contributed by atoms with Crippen LogP contribution in [-0.4, -0.2) is 24.6 Å². The van der Waals surface area contributed by atoms with E-state index in [1.807, 2.05) is 32.0 Å². The minimum atomic E-state index is -0.00924. The van der Waals surface area contributed by atoms with E-state index < -0.39 is 0 Å². The zero-order valence-electron chi connectivity index (χ0n) is 14.2. The number of carbonyl (C=O) groups excluding carboxylic acids is 1. The summed E-state index contributed by atoms with van der Waals surface area (Å²) in [6, 6.07) is 6.62. The van der Waals surface area contributed by atoms with Gasteiger partial charge < -0.3 is 15.8 Å². The molecular weight excluding hydrogens is 288 g/mol. The SMILES string of the molecule is Cc1cccc(C)c1OCC(=O)NC1C2CCCC1CC(N)C2. The van der Waals surface area contributed by atoms with Gasteiger partial charge in [0.05, 0.1) is 0 Å². The Kier molecular flexibility index (Phi) is 4.90. The van der Waals surface area contributed by atoms with Crippen molar-refractivity contribution in [3.63, 3.8) is 0 Å². The molecule has 1 amide bonds. The molecule has 2 aliphatic carbocycles. The van der Waals surface area contributed by atoms with Gasteiger partial charge in [-0.1, -0.05) is 24.6 Å². The van der Waals surface area contributed by atoms with E-state index in [0.29, 0.717) is 17.9 Å². The standard InChI is InChI=1S/C19H28N2O2/c1-12-5-3-6-13(2)19(12)23-11-17(22)21-18-14-7-4-8-15(18)10-16(20)9-14/h3,5-6,14-16,18H,4,7-11,20H2,1-2H3,(H,21,22). The first kappa shape index (κ1) is 16.3. The fourth-order valence-electron chi connectivity index (χ4n) is 4.42. The van der Waals surface area contributed by atoms with Crippen LogP contribution >= 0.6 is 0 Å². The van der Waals surface area contributed by atoms with Gasteiger partial charge in [-0.2, -0.15) is 0 Å². The Morgan fingerprint density at radius 3 is 2.43 bits per heavy atom. The molecule has 0 heterocycles. The maximum atomic E-state index is 12.4. The molecule has 4 nitrogen and oxygen atoms in total. The van der Waals surface area contributed by atoms with Gasteiger partial charge in [0.1, 0.15) is 5.75 Å².